The second kappa shape index (κ2) is 8.48. The Morgan fingerprint density at radius 3 is 2.61 bits per heavy atom. The maximum Gasteiger partial charge on any atom is 0.221 e. The fourth-order valence-electron chi connectivity index (χ4n) is 2.47. The number of amides is 1. The molecule has 106 valence electrons. The first-order chi connectivity index (χ1) is 8.72. The second-order valence-corrected chi connectivity index (χ2v) is 5.22. The molecule has 1 amide bonds. The number of ether oxygens (including phenoxy) is 1. The topological polar surface area (TPSA) is 50.4 Å². The molecular weight excluding hydrogens is 228 g/mol. The molecule has 0 aliphatic heterocycles. The Hall–Kier alpha value is -0.610. The van der Waals surface area contributed by atoms with Crippen LogP contribution in [0.25, 0.3) is 0 Å². The summed E-state index contributed by atoms with van der Waals surface area (Å²) in [5, 5.41) is 6.02. The molecule has 0 radical (unpaired) electrons. The smallest absolute Gasteiger partial charge is 0.221 e. The van der Waals surface area contributed by atoms with Gasteiger partial charge in [0.2, 0.25) is 5.91 Å². The van der Waals surface area contributed by atoms with Gasteiger partial charge in [0, 0.05) is 26.1 Å². The highest BCUT2D eigenvalue weighted by Gasteiger charge is 2.32. The highest BCUT2D eigenvalue weighted by Crippen LogP contribution is 2.31. The molecule has 1 saturated carbocycles. The van der Waals surface area contributed by atoms with Crippen molar-refractivity contribution >= 4 is 5.91 Å². The quantitative estimate of drug-likeness (QED) is 0.697. The predicted molar refractivity (Wildman–Crippen MR) is 73.6 cm³/mol. The molecule has 0 saturated heterocycles. The van der Waals surface area contributed by atoms with Gasteiger partial charge in [-0.05, 0) is 26.3 Å². The van der Waals surface area contributed by atoms with E-state index in [4.69, 9.17) is 4.74 Å². The summed E-state index contributed by atoms with van der Waals surface area (Å²) in [5.41, 5.74) is -0.0937. The highest BCUT2D eigenvalue weighted by molar-refractivity contribution is 5.76. The van der Waals surface area contributed by atoms with Crippen LogP contribution in [-0.4, -0.2) is 38.3 Å². The summed E-state index contributed by atoms with van der Waals surface area (Å²) in [6.07, 6.45) is 7.48. The zero-order valence-electron chi connectivity index (χ0n) is 11.9. The van der Waals surface area contributed by atoms with Crippen molar-refractivity contribution in [1.29, 1.82) is 0 Å². The van der Waals surface area contributed by atoms with E-state index >= 15 is 0 Å². The van der Waals surface area contributed by atoms with Crippen molar-refractivity contribution in [3.05, 3.63) is 0 Å². The molecule has 0 aromatic heterocycles. The van der Waals surface area contributed by atoms with Crippen LogP contribution >= 0.6 is 0 Å². The molecule has 1 fully saturated rings. The molecule has 0 unspecified atom stereocenters. The molecule has 1 rings (SSSR count). The van der Waals surface area contributed by atoms with Crippen molar-refractivity contribution in [2.75, 3.05) is 26.7 Å². The van der Waals surface area contributed by atoms with Crippen LogP contribution < -0.4 is 10.6 Å². The number of rotatable bonds is 8. The summed E-state index contributed by atoms with van der Waals surface area (Å²) in [4.78, 5) is 11.7. The van der Waals surface area contributed by atoms with Crippen LogP contribution in [0.1, 0.15) is 51.9 Å². The molecule has 4 nitrogen and oxygen atoms in total. The Balaban J connectivity index is 2.38. The highest BCUT2D eigenvalue weighted by atomic mass is 16.5. The van der Waals surface area contributed by atoms with Crippen LogP contribution in [0.4, 0.5) is 0 Å². The minimum atomic E-state index is -0.0937. The first-order valence-electron chi connectivity index (χ1n) is 7.28. The molecule has 4 heteroatoms. The fraction of sp³-hybridized carbons (Fsp3) is 0.929. The first-order valence-corrected chi connectivity index (χ1v) is 7.28. The van der Waals surface area contributed by atoms with Crippen LogP contribution in [0.15, 0.2) is 0 Å². The number of hydrogen-bond donors (Lipinski definition) is 2. The standard InChI is InChI=1S/C14H28N2O2/c1-3-11-18-14(8-5-4-6-9-14)12-16-13(17)7-10-15-2/h15H,3-12H2,1-2H3,(H,16,17). The lowest BCUT2D eigenvalue weighted by Gasteiger charge is -2.37. The normalized spacial score (nSPS) is 18.6. The Labute approximate surface area is 111 Å². The van der Waals surface area contributed by atoms with E-state index in [0.717, 1.165) is 32.4 Å². The number of nitrogens with one attached hydrogen (secondary N) is 2. The molecule has 0 atom stereocenters. The van der Waals surface area contributed by atoms with Crippen molar-refractivity contribution in [3.63, 3.8) is 0 Å². The third kappa shape index (κ3) is 5.36. The molecule has 0 aromatic rings. The Bertz CT molecular complexity index is 238. The number of carbonyl (C=O) groups excluding carboxylic acids is 1. The molecule has 0 aromatic carbocycles. The first kappa shape index (κ1) is 15.4. The van der Waals surface area contributed by atoms with E-state index in [-0.39, 0.29) is 11.5 Å². The van der Waals surface area contributed by atoms with Gasteiger partial charge in [0.25, 0.3) is 0 Å². The summed E-state index contributed by atoms with van der Waals surface area (Å²) in [6.45, 7) is 4.33. The SMILES string of the molecule is CCCOC1(CNC(=O)CCNC)CCCCC1. The third-order valence-corrected chi connectivity index (χ3v) is 3.59. The summed E-state index contributed by atoms with van der Waals surface area (Å²) in [6, 6.07) is 0. The summed E-state index contributed by atoms with van der Waals surface area (Å²) in [5.74, 6) is 0.120. The lowest BCUT2D eigenvalue weighted by atomic mass is 9.84. The van der Waals surface area contributed by atoms with Gasteiger partial charge in [-0.2, -0.15) is 0 Å². The molecule has 18 heavy (non-hydrogen) atoms. The van der Waals surface area contributed by atoms with Gasteiger partial charge in [-0.15, -0.1) is 0 Å². The summed E-state index contributed by atoms with van der Waals surface area (Å²) < 4.78 is 6.04. The van der Waals surface area contributed by atoms with Gasteiger partial charge in [-0.1, -0.05) is 26.2 Å². The number of hydrogen-bond acceptors (Lipinski definition) is 3. The van der Waals surface area contributed by atoms with Gasteiger partial charge in [0.05, 0.1) is 5.60 Å². The number of carbonyl (C=O) groups is 1. The largest absolute Gasteiger partial charge is 0.373 e. The minimum absolute atomic E-state index is 0.0937. The fourth-order valence-corrected chi connectivity index (χ4v) is 2.47. The Morgan fingerprint density at radius 1 is 1.28 bits per heavy atom. The van der Waals surface area contributed by atoms with Gasteiger partial charge >= 0.3 is 0 Å². The predicted octanol–water partition coefficient (Wildman–Crippen LogP) is 1.84. The van der Waals surface area contributed by atoms with Gasteiger partial charge in [-0.3, -0.25) is 4.79 Å². The van der Waals surface area contributed by atoms with Gasteiger partial charge < -0.3 is 15.4 Å². The van der Waals surface area contributed by atoms with E-state index in [9.17, 15) is 4.79 Å². The van der Waals surface area contributed by atoms with E-state index in [1.165, 1.54) is 19.3 Å². The van der Waals surface area contributed by atoms with Crippen molar-refractivity contribution in [1.82, 2.24) is 10.6 Å². The zero-order chi connectivity index (χ0) is 13.3. The van der Waals surface area contributed by atoms with Crippen molar-refractivity contribution in [2.24, 2.45) is 0 Å². The molecule has 1 aliphatic carbocycles. The average molecular weight is 256 g/mol. The minimum Gasteiger partial charge on any atom is -0.373 e. The van der Waals surface area contributed by atoms with E-state index < -0.39 is 0 Å². The van der Waals surface area contributed by atoms with Gasteiger partial charge in [-0.25, -0.2) is 0 Å². The van der Waals surface area contributed by atoms with E-state index in [0.29, 0.717) is 13.0 Å². The van der Waals surface area contributed by atoms with Crippen LogP contribution in [0.3, 0.4) is 0 Å². The lowest BCUT2D eigenvalue weighted by Crippen LogP contribution is -2.46. The van der Waals surface area contributed by atoms with E-state index in [1.54, 1.807) is 0 Å². The van der Waals surface area contributed by atoms with E-state index in [2.05, 4.69) is 17.6 Å². The molecule has 0 bridgehead atoms. The van der Waals surface area contributed by atoms with Crippen LogP contribution in [0.2, 0.25) is 0 Å². The van der Waals surface area contributed by atoms with E-state index in [1.807, 2.05) is 7.05 Å². The summed E-state index contributed by atoms with van der Waals surface area (Å²) in [7, 11) is 1.86. The van der Waals surface area contributed by atoms with Gasteiger partial charge in [0.1, 0.15) is 0 Å². The second-order valence-electron chi connectivity index (χ2n) is 5.22. The Morgan fingerprint density at radius 2 is 2.00 bits per heavy atom. The maximum absolute atomic E-state index is 11.7. The maximum atomic E-state index is 11.7. The molecule has 1 aliphatic rings. The van der Waals surface area contributed by atoms with Crippen molar-refractivity contribution in [2.45, 2.75) is 57.5 Å². The lowest BCUT2D eigenvalue weighted by molar-refractivity contribution is -0.124. The van der Waals surface area contributed by atoms with Crippen LogP contribution in [-0.2, 0) is 9.53 Å². The third-order valence-electron chi connectivity index (χ3n) is 3.59. The molecule has 0 heterocycles. The average Bonchev–Trinajstić information content (AvgIpc) is 2.42. The van der Waals surface area contributed by atoms with Crippen molar-refractivity contribution in [3.8, 4) is 0 Å². The molecular formula is C14H28N2O2. The monoisotopic (exact) mass is 256 g/mol. The molecule has 2 N–H and O–H groups in total. The van der Waals surface area contributed by atoms with Crippen LogP contribution in [0, 0.1) is 0 Å². The van der Waals surface area contributed by atoms with Crippen LogP contribution in [0.5, 0.6) is 0 Å². The van der Waals surface area contributed by atoms with Gasteiger partial charge in [0.15, 0.2) is 0 Å². The van der Waals surface area contributed by atoms with Crippen molar-refractivity contribution < 1.29 is 9.53 Å². The summed E-state index contributed by atoms with van der Waals surface area (Å²) >= 11 is 0. The Kier molecular flexibility index (Phi) is 7.28. The zero-order valence-corrected chi connectivity index (χ0v) is 11.9. The molecule has 0 spiro atoms.